The molecule has 1 aliphatic heterocycles. The third-order valence-electron chi connectivity index (χ3n) is 4.93. The number of thiazole rings is 1. The quantitative estimate of drug-likeness (QED) is 0.681. The van der Waals surface area contributed by atoms with Crippen molar-refractivity contribution in [1.82, 2.24) is 9.88 Å². The van der Waals surface area contributed by atoms with Crippen LogP contribution >= 0.6 is 22.7 Å². The first-order valence-electron chi connectivity index (χ1n) is 9.30. The second kappa shape index (κ2) is 8.67. The Bertz CT molecular complexity index is 930. The summed E-state index contributed by atoms with van der Waals surface area (Å²) in [5.41, 5.74) is 1.97. The van der Waals surface area contributed by atoms with Crippen LogP contribution in [0.1, 0.15) is 33.6 Å². The minimum Gasteiger partial charge on any atom is -0.339 e. The monoisotopic (exact) mass is 411 g/mol. The van der Waals surface area contributed by atoms with Crippen LogP contribution in [0.3, 0.4) is 0 Å². The highest BCUT2D eigenvalue weighted by Gasteiger charge is 2.28. The van der Waals surface area contributed by atoms with Gasteiger partial charge in [0.15, 0.2) is 5.13 Å². The molecule has 0 aliphatic carbocycles. The lowest BCUT2D eigenvalue weighted by atomic mass is 9.95. The van der Waals surface area contributed by atoms with Crippen LogP contribution < -0.4 is 5.32 Å². The highest BCUT2D eigenvalue weighted by Crippen LogP contribution is 2.25. The van der Waals surface area contributed by atoms with E-state index in [1.807, 2.05) is 46.1 Å². The van der Waals surface area contributed by atoms with Crippen LogP contribution in [0.4, 0.5) is 5.13 Å². The van der Waals surface area contributed by atoms with Crippen molar-refractivity contribution in [2.75, 3.05) is 18.4 Å². The average molecular weight is 412 g/mol. The van der Waals surface area contributed by atoms with Crippen molar-refractivity contribution in [1.29, 1.82) is 0 Å². The lowest BCUT2D eigenvalue weighted by molar-refractivity contribution is -0.121. The molecule has 3 aromatic rings. The van der Waals surface area contributed by atoms with Crippen molar-refractivity contribution in [2.24, 2.45) is 5.92 Å². The molecular formula is C21H21N3O2S2. The van der Waals surface area contributed by atoms with Gasteiger partial charge in [-0.2, -0.15) is 11.3 Å². The van der Waals surface area contributed by atoms with Crippen LogP contribution in [-0.2, 0) is 11.2 Å². The molecule has 1 N–H and O–H groups in total. The zero-order valence-corrected chi connectivity index (χ0v) is 17.0. The first-order chi connectivity index (χ1) is 13.7. The summed E-state index contributed by atoms with van der Waals surface area (Å²) in [6.45, 7) is 1.23. The molecule has 2 amide bonds. The molecule has 7 heteroatoms. The number of benzene rings is 1. The number of aromatic nitrogens is 1. The molecular weight excluding hydrogens is 390 g/mol. The number of hydrogen-bond acceptors (Lipinski definition) is 5. The van der Waals surface area contributed by atoms with E-state index in [0.29, 0.717) is 31.1 Å². The fourth-order valence-corrected chi connectivity index (χ4v) is 4.84. The van der Waals surface area contributed by atoms with Gasteiger partial charge in [0.05, 0.1) is 5.56 Å². The van der Waals surface area contributed by atoms with Gasteiger partial charge >= 0.3 is 0 Å². The van der Waals surface area contributed by atoms with Gasteiger partial charge in [0, 0.05) is 41.9 Å². The van der Waals surface area contributed by atoms with E-state index in [1.54, 1.807) is 0 Å². The summed E-state index contributed by atoms with van der Waals surface area (Å²) in [6, 6.07) is 12.1. The Balaban J connectivity index is 1.28. The molecule has 0 atom stereocenters. The lowest BCUT2D eigenvalue weighted by Crippen LogP contribution is -2.41. The van der Waals surface area contributed by atoms with E-state index in [4.69, 9.17) is 0 Å². The Morgan fingerprint density at radius 1 is 1.14 bits per heavy atom. The van der Waals surface area contributed by atoms with E-state index < -0.39 is 0 Å². The predicted octanol–water partition coefficient (Wildman–Crippen LogP) is 4.29. The second-order valence-electron chi connectivity index (χ2n) is 6.86. The molecule has 0 radical (unpaired) electrons. The summed E-state index contributed by atoms with van der Waals surface area (Å²) in [4.78, 5) is 32.3. The zero-order chi connectivity index (χ0) is 19.3. The zero-order valence-electron chi connectivity index (χ0n) is 15.3. The van der Waals surface area contributed by atoms with Gasteiger partial charge in [-0.15, -0.1) is 11.3 Å². The fourth-order valence-electron chi connectivity index (χ4n) is 3.37. The molecule has 0 saturated carbocycles. The first-order valence-corrected chi connectivity index (χ1v) is 11.1. The van der Waals surface area contributed by atoms with E-state index in [0.717, 1.165) is 16.9 Å². The van der Waals surface area contributed by atoms with Crippen LogP contribution in [0.5, 0.6) is 0 Å². The number of amides is 2. The minimum atomic E-state index is -0.0759. The Labute approximate surface area is 172 Å². The van der Waals surface area contributed by atoms with Gasteiger partial charge in [-0.1, -0.05) is 30.3 Å². The molecule has 1 aliphatic rings. The Morgan fingerprint density at radius 2 is 1.93 bits per heavy atom. The van der Waals surface area contributed by atoms with E-state index >= 15 is 0 Å². The van der Waals surface area contributed by atoms with Gasteiger partial charge in [-0.25, -0.2) is 4.98 Å². The number of rotatable bonds is 5. The average Bonchev–Trinajstić information content (AvgIpc) is 3.41. The van der Waals surface area contributed by atoms with Crippen molar-refractivity contribution in [3.8, 4) is 0 Å². The molecule has 1 saturated heterocycles. The van der Waals surface area contributed by atoms with Crippen LogP contribution in [0.2, 0.25) is 0 Å². The molecule has 3 heterocycles. The third-order valence-corrected chi connectivity index (χ3v) is 6.52. The van der Waals surface area contributed by atoms with E-state index in [1.165, 1.54) is 28.2 Å². The van der Waals surface area contributed by atoms with Crippen molar-refractivity contribution in [3.63, 3.8) is 0 Å². The molecule has 4 rings (SSSR count). The van der Waals surface area contributed by atoms with Crippen molar-refractivity contribution >= 4 is 39.6 Å². The molecule has 2 aromatic heterocycles. The van der Waals surface area contributed by atoms with Gasteiger partial charge in [0.25, 0.3) is 5.91 Å². The van der Waals surface area contributed by atoms with Crippen LogP contribution in [0, 0.1) is 5.92 Å². The largest absolute Gasteiger partial charge is 0.339 e. The molecule has 144 valence electrons. The maximum Gasteiger partial charge on any atom is 0.254 e. The SMILES string of the molecule is O=C(Nc1ncc(Cc2ccccc2)s1)C1CCN(C(=O)c2ccsc2)CC1. The van der Waals surface area contributed by atoms with Crippen LogP contribution in [0.15, 0.2) is 53.4 Å². The second-order valence-corrected chi connectivity index (χ2v) is 8.76. The summed E-state index contributed by atoms with van der Waals surface area (Å²) in [5.74, 6) is -0.0122. The third kappa shape index (κ3) is 4.48. The van der Waals surface area contributed by atoms with Gasteiger partial charge in [0.2, 0.25) is 5.91 Å². The predicted molar refractivity (Wildman–Crippen MR) is 113 cm³/mol. The molecule has 1 aromatic carbocycles. The van der Waals surface area contributed by atoms with Crippen LogP contribution in [-0.4, -0.2) is 34.8 Å². The van der Waals surface area contributed by atoms with E-state index in [9.17, 15) is 9.59 Å². The summed E-state index contributed by atoms with van der Waals surface area (Å²) in [7, 11) is 0. The normalized spacial score (nSPS) is 14.8. The molecule has 28 heavy (non-hydrogen) atoms. The topological polar surface area (TPSA) is 62.3 Å². The minimum absolute atomic E-state index is 0.00300. The smallest absolute Gasteiger partial charge is 0.254 e. The molecule has 0 spiro atoms. The highest BCUT2D eigenvalue weighted by molar-refractivity contribution is 7.15. The molecule has 0 unspecified atom stereocenters. The Kier molecular flexibility index (Phi) is 5.83. The summed E-state index contributed by atoms with van der Waals surface area (Å²) in [5, 5.41) is 7.38. The fraction of sp³-hybridized carbons (Fsp3) is 0.286. The number of carbonyl (C=O) groups excluding carboxylic acids is 2. The molecule has 5 nitrogen and oxygen atoms in total. The number of thiophene rings is 1. The number of hydrogen-bond donors (Lipinski definition) is 1. The molecule has 1 fully saturated rings. The number of nitrogens with zero attached hydrogens (tertiary/aromatic N) is 2. The highest BCUT2D eigenvalue weighted by atomic mass is 32.1. The first kappa shape index (κ1) is 18.8. The van der Waals surface area contributed by atoms with Gasteiger partial charge < -0.3 is 10.2 Å². The summed E-state index contributed by atoms with van der Waals surface area (Å²) < 4.78 is 0. The number of anilines is 1. The number of likely N-dealkylation sites (tertiary alicyclic amines) is 1. The number of piperidine rings is 1. The number of carbonyl (C=O) groups is 2. The van der Waals surface area contributed by atoms with Crippen molar-refractivity contribution < 1.29 is 9.59 Å². The van der Waals surface area contributed by atoms with Gasteiger partial charge in [-0.3, -0.25) is 9.59 Å². The Hall–Kier alpha value is -2.51. The number of nitrogens with one attached hydrogen (secondary N) is 1. The van der Waals surface area contributed by atoms with Gasteiger partial charge in [-0.05, 0) is 29.9 Å². The Morgan fingerprint density at radius 3 is 2.64 bits per heavy atom. The maximum atomic E-state index is 12.6. The van der Waals surface area contributed by atoms with Crippen molar-refractivity contribution in [2.45, 2.75) is 19.3 Å². The molecule has 0 bridgehead atoms. The maximum absolute atomic E-state index is 12.6. The van der Waals surface area contributed by atoms with E-state index in [2.05, 4.69) is 22.4 Å². The summed E-state index contributed by atoms with van der Waals surface area (Å²) >= 11 is 3.04. The van der Waals surface area contributed by atoms with Crippen LogP contribution in [0.25, 0.3) is 0 Å². The van der Waals surface area contributed by atoms with E-state index in [-0.39, 0.29) is 17.7 Å². The standard InChI is InChI=1S/C21H21N3O2S2/c25-19(16-6-9-24(10-7-16)20(26)17-8-11-27-14-17)23-21-22-13-18(28-21)12-15-4-2-1-3-5-15/h1-5,8,11,13-14,16H,6-7,9-10,12H2,(H,22,23,25). The lowest BCUT2D eigenvalue weighted by Gasteiger charge is -2.31. The van der Waals surface area contributed by atoms with Crippen molar-refractivity contribution in [3.05, 3.63) is 69.4 Å². The van der Waals surface area contributed by atoms with Gasteiger partial charge in [0.1, 0.15) is 0 Å². The summed E-state index contributed by atoms with van der Waals surface area (Å²) in [6.07, 6.45) is 4.01.